The van der Waals surface area contributed by atoms with Crippen LogP contribution in [0.4, 0.5) is 0 Å². The van der Waals surface area contributed by atoms with Crippen LogP contribution in [0.1, 0.15) is 12.5 Å². The number of amides is 1. The molecule has 2 rings (SSSR count). The molecule has 0 saturated heterocycles. The molecule has 1 aromatic heterocycles. The van der Waals surface area contributed by atoms with Gasteiger partial charge in [-0.15, -0.1) is 0 Å². The SMILES string of the molecule is COC(=O)[C@H](Cc1ccc2[nH]ccc2c1)NC(C)=O. The number of nitrogens with one attached hydrogen (secondary N) is 2. The molecule has 1 amide bonds. The Kier molecular flexibility index (Phi) is 3.85. The molecule has 1 aromatic carbocycles. The van der Waals surface area contributed by atoms with Gasteiger partial charge in [0.2, 0.25) is 5.91 Å². The summed E-state index contributed by atoms with van der Waals surface area (Å²) in [5.74, 6) is -0.692. The second-order valence-corrected chi connectivity index (χ2v) is 4.38. The van der Waals surface area contributed by atoms with Crippen LogP contribution in [0.2, 0.25) is 0 Å². The van der Waals surface area contributed by atoms with Gasteiger partial charge in [0.1, 0.15) is 6.04 Å². The van der Waals surface area contributed by atoms with E-state index in [1.165, 1.54) is 14.0 Å². The van der Waals surface area contributed by atoms with Gasteiger partial charge in [-0.3, -0.25) is 4.79 Å². The van der Waals surface area contributed by atoms with Crippen molar-refractivity contribution >= 4 is 22.8 Å². The predicted molar refractivity (Wildman–Crippen MR) is 71.6 cm³/mol. The second kappa shape index (κ2) is 5.56. The van der Waals surface area contributed by atoms with Crippen LogP contribution >= 0.6 is 0 Å². The van der Waals surface area contributed by atoms with Crippen molar-refractivity contribution in [3.8, 4) is 0 Å². The Labute approximate surface area is 110 Å². The molecule has 1 heterocycles. The van der Waals surface area contributed by atoms with Crippen molar-refractivity contribution in [3.05, 3.63) is 36.0 Å². The first kappa shape index (κ1) is 13.1. The number of fused-ring (bicyclic) bond motifs is 1. The molecule has 100 valence electrons. The van der Waals surface area contributed by atoms with E-state index in [0.717, 1.165) is 16.5 Å². The van der Waals surface area contributed by atoms with Crippen molar-refractivity contribution in [3.63, 3.8) is 0 Å². The van der Waals surface area contributed by atoms with Crippen LogP contribution < -0.4 is 5.32 Å². The zero-order valence-electron chi connectivity index (χ0n) is 10.9. The third-order valence-electron chi connectivity index (χ3n) is 2.92. The van der Waals surface area contributed by atoms with E-state index in [0.29, 0.717) is 6.42 Å². The maximum Gasteiger partial charge on any atom is 0.328 e. The molecule has 0 aliphatic rings. The molecule has 0 bridgehead atoms. The molecule has 0 fully saturated rings. The number of carbonyl (C=O) groups is 2. The van der Waals surface area contributed by atoms with Crippen LogP contribution in [0.25, 0.3) is 10.9 Å². The molecule has 2 N–H and O–H groups in total. The highest BCUT2D eigenvalue weighted by molar-refractivity contribution is 5.84. The maximum absolute atomic E-state index is 11.6. The average molecular weight is 260 g/mol. The number of carbonyl (C=O) groups excluding carboxylic acids is 2. The zero-order chi connectivity index (χ0) is 13.8. The minimum absolute atomic E-state index is 0.252. The van der Waals surface area contributed by atoms with Gasteiger partial charge < -0.3 is 15.0 Å². The molecule has 2 aromatic rings. The highest BCUT2D eigenvalue weighted by Crippen LogP contribution is 2.15. The predicted octanol–water partition coefficient (Wildman–Crippen LogP) is 1.39. The van der Waals surface area contributed by atoms with Crippen molar-refractivity contribution < 1.29 is 14.3 Å². The summed E-state index contributed by atoms with van der Waals surface area (Å²) in [6, 6.07) is 7.18. The van der Waals surface area contributed by atoms with Crippen LogP contribution in [-0.4, -0.2) is 30.0 Å². The third kappa shape index (κ3) is 3.13. The van der Waals surface area contributed by atoms with E-state index >= 15 is 0 Å². The number of aromatic nitrogens is 1. The Morgan fingerprint density at radius 3 is 2.84 bits per heavy atom. The standard InChI is InChI=1S/C14H16N2O3/c1-9(17)16-13(14(18)19-2)8-10-3-4-12-11(7-10)5-6-15-12/h3-7,13,15H,8H2,1-2H3,(H,16,17)/t13-/m0/s1. The first-order chi connectivity index (χ1) is 9.10. The average Bonchev–Trinajstić information content (AvgIpc) is 2.84. The zero-order valence-corrected chi connectivity index (χ0v) is 10.9. The second-order valence-electron chi connectivity index (χ2n) is 4.38. The lowest BCUT2D eigenvalue weighted by atomic mass is 10.0. The van der Waals surface area contributed by atoms with E-state index in [2.05, 4.69) is 10.3 Å². The monoisotopic (exact) mass is 260 g/mol. The number of rotatable bonds is 4. The summed E-state index contributed by atoms with van der Waals surface area (Å²) >= 11 is 0. The normalized spacial score (nSPS) is 12.1. The summed E-state index contributed by atoms with van der Waals surface area (Å²) in [5.41, 5.74) is 2.01. The largest absolute Gasteiger partial charge is 0.467 e. The van der Waals surface area contributed by atoms with Gasteiger partial charge in [-0.05, 0) is 29.1 Å². The molecule has 5 heteroatoms. The van der Waals surface area contributed by atoms with Gasteiger partial charge in [-0.2, -0.15) is 0 Å². The van der Waals surface area contributed by atoms with Crippen molar-refractivity contribution in [2.24, 2.45) is 0 Å². The fraction of sp³-hybridized carbons (Fsp3) is 0.286. The van der Waals surface area contributed by atoms with Crippen LogP contribution in [-0.2, 0) is 20.7 Å². The number of esters is 1. The Morgan fingerprint density at radius 1 is 1.37 bits per heavy atom. The first-order valence-electron chi connectivity index (χ1n) is 6.01. The van der Waals surface area contributed by atoms with Crippen molar-refractivity contribution in [1.82, 2.24) is 10.3 Å². The van der Waals surface area contributed by atoms with E-state index in [1.54, 1.807) is 0 Å². The number of aromatic amines is 1. The summed E-state index contributed by atoms with van der Waals surface area (Å²) < 4.78 is 4.70. The number of benzene rings is 1. The Balaban J connectivity index is 2.19. The molecule has 0 aliphatic heterocycles. The van der Waals surface area contributed by atoms with Gasteiger partial charge in [0, 0.05) is 25.1 Å². The summed E-state index contributed by atoms with van der Waals surface area (Å²) in [5, 5.41) is 3.67. The molecule has 19 heavy (non-hydrogen) atoms. The minimum atomic E-state index is -0.654. The molecule has 0 spiro atoms. The number of hydrogen-bond acceptors (Lipinski definition) is 3. The smallest absolute Gasteiger partial charge is 0.328 e. The highest BCUT2D eigenvalue weighted by atomic mass is 16.5. The van der Waals surface area contributed by atoms with Crippen LogP contribution in [0.15, 0.2) is 30.5 Å². The van der Waals surface area contributed by atoms with Gasteiger partial charge in [0.15, 0.2) is 0 Å². The van der Waals surface area contributed by atoms with Gasteiger partial charge >= 0.3 is 5.97 Å². The van der Waals surface area contributed by atoms with Crippen LogP contribution in [0, 0.1) is 0 Å². The fourth-order valence-corrected chi connectivity index (χ4v) is 2.05. The van der Waals surface area contributed by atoms with Crippen molar-refractivity contribution in [1.29, 1.82) is 0 Å². The van der Waals surface area contributed by atoms with E-state index in [4.69, 9.17) is 4.74 Å². The lowest BCUT2D eigenvalue weighted by Crippen LogP contribution is -2.41. The molecule has 0 saturated carbocycles. The van der Waals surface area contributed by atoms with Gasteiger partial charge in [-0.25, -0.2) is 4.79 Å². The summed E-state index contributed by atoms with van der Waals surface area (Å²) in [4.78, 5) is 25.8. The van der Waals surface area contributed by atoms with Gasteiger partial charge in [0.25, 0.3) is 0 Å². The number of hydrogen-bond donors (Lipinski definition) is 2. The number of methoxy groups -OCH3 is 1. The summed E-state index contributed by atoms with van der Waals surface area (Å²) in [7, 11) is 1.31. The van der Waals surface area contributed by atoms with E-state index in [9.17, 15) is 9.59 Å². The topological polar surface area (TPSA) is 71.2 Å². The molecule has 0 radical (unpaired) electrons. The third-order valence-corrected chi connectivity index (χ3v) is 2.92. The Hall–Kier alpha value is -2.30. The summed E-state index contributed by atoms with van der Waals surface area (Å²) in [6.07, 6.45) is 2.27. The fourth-order valence-electron chi connectivity index (χ4n) is 2.05. The lowest BCUT2D eigenvalue weighted by Gasteiger charge is -2.15. The van der Waals surface area contributed by atoms with Gasteiger partial charge in [0.05, 0.1) is 7.11 Å². The number of ether oxygens (including phenoxy) is 1. The van der Waals surface area contributed by atoms with Crippen molar-refractivity contribution in [2.75, 3.05) is 7.11 Å². The lowest BCUT2D eigenvalue weighted by molar-refractivity contribution is -0.144. The minimum Gasteiger partial charge on any atom is -0.467 e. The van der Waals surface area contributed by atoms with Crippen LogP contribution in [0.3, 0.4) is 0 Å². The molecule has 5 nitrogen and oxygen atoms in total. The van der Waals surface area contributed by atoms with E-state index in [1.807, 2.05) is 30.5 Å². The first-order valence-corrected chi connectivity index (χ1v) is 6.01. The van der Waals surface area contributed by atoms with E-state index in [-0.39, 0.29) is 5.91 Å². The Morgan fingerprint density at radius 2 is 2.16 bits per heavy atom. The van der Waals surface area contributed by atoms with Crippen LogP contribution in [0.5, 0.6) is 0 Å². The molecular weight excluding hydrogens is 244 g/mol. The highest BCUT2D eigenvalue weighted by Gasteiger charge is 2.20. The molecule has 0 aliphatic carbocycles. The van der Waals surface area contributed by atoms with Gasteiger partial charge in [-0.1, -0.05) is 6.07 Å². The quantitative estimate of drug-likeness (QED) is 0.816. The van der Waals surface area contributed by atoms with E-state index < -0.39 is 12.0 Å². The van der Waals surface area contributed by atoms with Crippen molar-refractivity contribution in [2.45, 2.75) is 19.4 Å². The molecule has 1 atom stereocenters. The Bertz CT molecular complexity index is 604. The maximum atomic E-state index is 11.6. The molecule has 0 unspecified atom stereocenters. The molecular formula is C14H16N2O3. The summed E-state index contributed by atoms with van der Waals surface area (Å²) in [6.45, 7) is 1.38. The number of H-pyrrole nitrogens is 1.